The number of carbonyl (C=O) groups excluding carboxylic acids is 2. The van der Waals surface area contributed by atoms with Gasteiger partial charge in [0.15, 0.2) is 17.6 Å². The van der Waals surface area contributed by atoms with Gasteiger partial charge in [0.1, 0.15) is 0 Å². The van der Waals surface area contributed by atoms with Gasteiger partial charge in [-0.1, -0.05) is 24.4 Å². The van der Waals surface area contributed by atoms with E-state index >= 15 is 0 Å². The Hall–Kier alpha value is -2.21. The van der Waals surface area contributed by atoms with Crippen LogP contribution in [-0.4, -0.2) is 49.2 Å². The predicted molar refractivity (Wildman–Crippen MR) is 107 cm³/mol. The number of amides is 1. The normalized spacial score (nSPS) is 18.3. The molecule has 0 aliphatic carbocycles. The molecule has 2 aliphatic rings. The Morgan fingerprint density at radius 3 is 2.57 bits per heavy atom. The fraction of sp³-hybridized carbons (Fsp3) is 0.524. The highest BCUT2D eigenvalue weighted by molar-refractivity contribution is 6.32. The highest BCUT2D eigenvalue weighted by Gasteiger charge is 2.23. The molecule has 7 heteroatoms. The van der Waals surface area contributed by atoms with Gasteiger partial charge in [-0.3, -0.25) is 4.79 Å². The molecular weight excluding hydrogens is 382 g/mol. The number of nitrogens with zero attached hydrogens (tertiary/aromatic N) is 1. The van der Waals surface area contributed by atoms with Crippen LogP contribution in [0.5, 0.6) is 11.5 Å². The van der Waals surface area contributed by atoms with Crippen molar-refractivity contribution in [3.63, 3.8) is 0 Å². The van der Waals surface area contributed by atoms with Crippen molar-refractivity contribution in [3.05, 3.63) is 28.8 Å². The van der Waals surface area contributed by atoms with Gasteiger partial charge in [-0.15, -0.1) is 0 Å². The maximum absolute atomic E-state index is 12.5. The third-order valence-corrected chi connectivity index (χ3v) is 5.08. The Morgan fingerprint density at radius 2 is 1.82 bits per heavy atom. The summed E-state index contributed by atoms with van der Waals surface area (Å²) in [6.07, 6.45) is 7.13. The van der Waals surface area contributed by atoms with Crippen LogP contribution in [0.2, 0.25) is 5.02 Å². The van der Waals surface area contributed by atoms with E-state index in [0.717, 1.165) is 45.2 Å². The van der Waals surface area contributed by atoms with Crippen LogP contribution in [0.4, 0.5) is 0 Å². The summed E-state index contributed by atoms with van der Waals surface area (Å²) in [6.45, 7) is 4.17. The summed E-state index contributed by atoms with van der Waals surface area (Å²) in [6, 6.07) is 3.47. The van der Waals surface area contributed by atoms with E-state index in [1.807, 2.05) is 0 Å². The molecule has 2 heterocycles. The van der Waals surface area contributed by atoms with Gasteiger partial charge in [-0.05, 0) is 43.5 Å². The van der Waals surface area contributed by atoms with Crippen LogP contribution in [0.15, 0.2) is 18.2 Å². The molecule has 0 aromatic heterocycles. The Labute approximate surface area is 170 Å². The van der Waals surface area contributed by atoms with Crippen LogP contribution in [0, 0.1) is 0 Å². The zero-order valence-corrected chi connectivity index (χ0v) is 16.9. The van der Waals surface area contributed by atoms with E-state index < -0.39 is 12.1 Å². The molecule has 2 aliphatic heterocycles. The molecule has 1 saturated heterocycles. The molecule has 152 valence electrons. The largest absolute Gasteiger partial charge is 0.489 e. The van der Waals surface area contributed by atoms with Crippen molar-refractivity contribution in [2.75, 3.05) is 26.3 Å². The van der Waals surface area contributed by atoms with E-state index in [2.05, 4.69) is 0 Å². The van der Waals surface area contributed by atoms with E-state index in [1.165, 1.54) is 6.08 Å². The van der Waals surface area contributed by atoms with Gasteiger partial charge in [0.2, 0.25) is 0 Å². The van der Waals surface area contributed by atoms with Crippen molar-refractivity contribution in [2.45, 2.75) is 45.1 Å². The minimum absolute atomic E-state index is 0.137. The van der Waals surface area contributed by atoms with Gasteiger partial charge < -0.3 is 19.1 Å². The summed E-state index contributed by atoms with van der Waals surface area (Å²) in [5.74, 6) is 0.375. The molecule has 1 amide bonds. The average molecular weight is 408 g/mol. The summed E-state index contributed by atoms with van der Waals surface area (Å²) >= 11 is 6.26. The van der Waals surface area contributed by atoms with E-state index in [1.54, 1.807) is 30.0 Å². The quantitative estimate of drug-likeness (QED) is 0.560. The first-order chi connectivity index (χ1) is 13.5. The molecule has 1 unspecified atom stereocenters. The number of carbonyl (C=O) groups is 2. The maximum atomic E-state index is 12.5. The predicted octanol–water partition coefficient (Wildman–Crippen LogP) is 3.85. The van der Waals surface area contributed by atoms with Gasteiger partial charge >= 0.3 is 5.97 Å². The lowest BCUT2D eigenvalue weighted by molar-refractivity contribution is -0.155. The second-order valence-corrected chi connectivity index (χ2v) is 7.44. The van der Waals surface area contributed by atoms with E-state index in [0.29, 0.717) is 35.3 Å². The number of halogens is 1. The van der Waals surface area contributed by atoms with Gasteiger partial charge in [-0.2, -0.15) is 0 Å². The molecule has 0 bridgehead atoms. The van der Waals surface area contributed by atoms with Crippen LogP contribution in [0.25, 0.3) is 6.08 Å². The highest BCUT2D eigenvalue weighted by atomic mass is 35.5. The lowest BCUT2D eigenvalue weighted by atomic mass is 10.2. The summed E-state index contributed by atoms with van der Waals surface area (Å²) in [7, 11) is 0. The maximum Gasteiger partial charge on any atom is 0.331 e. The van der Waals surface area contributed by atoms with E-state index in [-0.39, 0.29) is 5.91 Å². The summed E-state index contributed by atoms with van der Waals surface area (Å²) < 4.78 is 16.5. The Balaban J connectivity index is 1.59. The summed E-state index contributed by atoms with van der Waals surface area (Å²) in [4.78, 5) is 26.4. The Bertz CT molecular complexity index is 741. The first kappa shape index (κ1) is 20.5. The van der Waals surface area contributed by atoms with Crippen molar-refractivity contribution >= 4 is 29.6 Å². The van der Waals surface area contributed by atoms with Crippen LogP contribution in [-0.2, 0) is 14.3 Å². The number of likely N-dealkylation sites (tertiary alicyclic amines) is 1. The summed E-state index contributed by atoms with van der Waals surface area (Å²) in [5.41, 5.74) is 0.692. The molecule has 0 radical (unpaired) electrons. The average Bonchev–Trinajstić information content (AvgIpc) is 3.09. The highest BCUT2D eigenvalue weighted by Crippen LogP contribution is 2.38. The molecular formula is C21H26ClNO5. The third-order valence-electron chi connectivity index (χ3n) is 4.79. The Morgan fingerprint density at radius 1 is 1.11 bits per heavy atom. The van der Waals surface area contributed by atoms with Crippen molar-refractivity contribution in [1.82, 2.24) is 4.90 Å². The zero-order valence-electron chi connectivity index (χ0n) is 16.1. The second-order valence-electron chi connectivity index (χ2n) is 7.03. The molecule has 3 rings (SSSR count). The molecule has 0 saturated carbocycles. The zero-order chi connectivity index (χ0) is 19.9. The first-order valence-electron chi connectivity index (χ1n) is 9.81. The lowest BCUT2D eigenvalue weighted by Gasteiger charge is -2.23. The summed E-state index contributed by atoms with van der Waals surface area (Å²) in [5, 5.41) is 0.428. The van der Waals surface area contributed by atoms with Gasteiger partial charge in [0, 0.05) is 25.6 Å². The van der Waals surface area contributed by atoms with Gasteiger partial charge in [0.05, 0.1) is 18.2 Å². The number of fused-ring (bicyclic) bond motifs is 1. The molecule has 1 aromatic carbocycles. The van der Waals surface area contributed by atoms with Crippen LogP contribution < -0.4 is 9.47 Å². The standard InChI is InChI=1S/C21H26ClNO5/c1-15(21(25)23-9-4-2-3-5-10-23)28-19(24)8-7-16-13-17(22)20-18(14-16)26-11-6-12-27-20/h7-8,13-15H,2-6,9-12H2,1H3/b8-7+. The first-order valence-corrected chi connectivity index (χ1v) is 10.2. The van der Waals surface area contributed by atoms with Gasteiger partial charge in [0.25, 0.3) is 5.91 Å². The van der Waals surface area contributed by atoms with Crippen LogP contribution in [0.3, 0.4) is 0 Å². The second kappa shape index (κ2) is 9.82. The molecule has 1 atom stereocenters. The van der Waals surface area contributed by atoms with Crippen molar-refractivity contribution in [3.8, 4) is 11.5 Å². The number of esters is 1. The molecule has 6 nitrogen and oxygen atoms in total. The molecule has 1 fully saturated rings. The minimum atomic E-state index is -0.803. The van der Waals surface area contributed by atoms with E-state index in [4.69, 9.17) is 25.8 Å². The van der Waals surface area contributed by atoms with E-state index in [9.17, 15) is 9.59 Å². The lowest BCUT2D eigenvalue weighted by Crippen LogP contribution is -2.40. The van der Waals surface area contributed by atoms with Gasteiger partial charge in [-0.25, -0.2) is 4.79 Å². The van der Waals surface area contributed by atoms with Crippen LogP contribution >= 0.6 is 11.6 Å². The number of hydrogen-bond acceptors (Lipinski definition) is 5. The molecule has 0 spiro atoms. The number of rotatable bonds is 4. The molecule has 0 N–H and O–H groups in total. The smallest absolute Gasteiger partial charge is 0.331 e. The minimum Gasteiger partial charge on any atom is -0.489 e. The van der Waals surface area contributed by atoms with Crippen molar-refractivity contribution < 1.29 is 23.8 Å². The fourth-order valence-corrected chi connectivity index (χ4v) is 3.60. The SMILES string of the molecule is CC(OC(=O)/C=C/c1cc(Cl)c2c(c1)OCCCO2)C(=O)N1CCCCCC1. The topological polar surface area (TPSA) is 65.1 Å². The fourth-order valence-electron chi connectivity index (χ4n) is 3.32. The third kappa shape index (κ3) is 5.41. The number of hydrogen-bond donors (Lipinski definition) is 0. The number of benzene rings is 1. The van der Waals surface area contributed by atoms with Crippen LogP contribution in [0.1, 0.15) is 44.6 Å². The monoisotopic (exact) mass is 407 g/mol. The Kier molecular flexibility index (Phi) is 7.20. The number of ether oxygens (including phenoxy) is 3. The molecule has 1 aromatic rings. The molecule has 28 heavy (non-hydrogen) atoms. The van der Waals surface area contributed by atoms with Crippen molar-refractivity contribution in [1.29, 1.82) is 0 Å². The van der Waals surface area contributed by atoms with Crippen molar-refractivity contribution in [2.24, 2.45) is 0 Å².